The number of amides is 1. The molecule has 1 aliphatic heterocycles. The Hall–Kier alpha value is -2.54. The topological polar surface area (TPSA) is 96.3 Å². The van der Waals surface area contributed by atoms with Gasteiger partial charge in [-0.05, 0) is 24.6 Å². The van der Waals surface area contributed by atoms with Gasteiger partial charge in [0.1, 0.15) is 0 Å². The first-order chi connectivity index (χ1) is 11.0. The molecule has 0 spiro atoms. The molecule has 7 nitrogen and oxygen atoms in total. The van der Waals surface area contributed by atoms with Crippen LogP contribution in [0.5, 0.6) is 11.5 Å². The van der Waals surface area contributed by atoms with Gasteiger partial charge in [-0.15, -0.1) is 0 Å². The molecular weight excluding hydrogens is 302 g/mol. The summed E-state index contributed by atoms with van der Waals surface area (Å²) in [6.07, 6.45) is 0. The molecule has 0 saturated heterocycles. The highest BCUT2D eigenvalue weighted by atomic mass is 16.5. The van der Waals surface area contributed by atoms with Crippen LogP contribution in [0.15, 0.2) is 29.5 Å². The van der Waals surface area contributed by atoms with Crippen LogP contribution in [0.4, 0.5) is 0 Å². The molecule has 23 heavy (non-hydrogen) atoms. The highest BCUT2D eigenvalue weighted by Gasteiger charge is 2.42. The van der Waals surface area contributed by atoms with Crippen molar-refractivity contribution in [1.82, 2.24) is 4.90 Å². The molecule has 0 aliphatic carbocycles. The molecule has 1 aromatic carbocycles. The van der Waals surface area contributed by atoms with Crippen LogP contribution in [0.3, 0.4) is 0 Å². The minimum absolute atomic E-state index is 0.00130. The van der Waals surface area contributed by atoms with E-state index in [1.807, 2.05) is 0 Å². The van der Waals surface area contributed by atoms with Gasteiger partial charge >= 0.3 is 0 Å². The smallest absolute Gasteiger partial charge is 0.290 e. The third-order valence-electron chi connectivity index (χ3n) is 3.75. The van der Waals surface area contributed by atoms with Crippen LogP contribution in [-0.2, 0) is 9.59 Å². The number of hydrogen-bond donors (Lipinski definition) is 2. The molecule has 2 rings (SSSR count). The number of ketones is 1. The molecule has 0 fully saturated rings. The Balaban J connectivity index is 2.56. The summed E-state index contributed by atoms with van der Waals surface area (Å²) in [5.74, 6) is -0.714. The Morgan fingerprint density at radius 2 is 1.91 bits per heavy atom. The van der Waals surface area contributed by atoms with E-state index in [0.717, 1.165) is 0 Å². The van der Waals surface area contributed by atoms with Crippen LogP contribution in [-0.4, -0.2) is 54.2 Å². The number of nitrogens with zero attached hydrogens (tertiary/aromatic N) is 1. The lowest BCUT2D eigenvalue weighted by Crippen LogP contribution is -2.33. The number of rotatable bonds is 6. The number of aliphatic hydroxyl groups excluding tert-OH is 2. The number of benzene rings is 1. The first-order valence-corrected chi connectivity index (χ1v) is 7.04. The number of β-amino-alcohol motifs (C(OH)–C–C–N with tert-alkyl or cyclic N) is 1. The molecule has 1 atom stereocenters. The number of Topliss-reactive ketones (excluding diaryl/α,β-unsaturated/α-hetero) is 1. The Morgan fingerprint density at radius 1 is 1.26 bits per heavy atom. The molecule has 0 radical (unpaired) electrons. The summed E-state index contributed by atoms with van der Waals surface area (Å²) in [4.78, 5) is 25.3. The van der Waals surface area contributed by atoms with Crippen LogP contribution in [0.1, 0.15) is 18.5 Å². The number of aliphatic hydroxyl groups is 2. The van der Waals surface area contributed by atoms with Gasteiger partial charge in [0.25, 0.3) is 5.91 Å². The van der Waals surface area contributed by atoms with Gasteiger partial charge in [-0.2, -0.15) is 0 Å². The fraction of sp³-hybridized carbons (Fsp3) is 0.375. The number of hydrogen-bond acceptors (Lipinski definition) is 6. The predicted octanol–water partition coefficient (Wildman–Crippen LogP) is 0.980. The van der Waals surface area contributed by atoms with Crippen molar-refractivity contribution in [2.24, 2.45) is 0 Å². The Morgan fingerprint density at radius 3 is 2.43 bits per heavy atom. The number of methoxy groups -OCH3 is 2. The minimum Gasteiger partial charge on any atom is -0.503 e. The number of carbonyl (C=O) groups is 2. The predicted molar refractivity (Wildman–Crippen MR) is 81.4 cm³/mol. The van der Waals surface area contributed by atoms with Crippen LogP contribution in [0, 0.1) is 0 Å². The fourth-order valence-corrected chi connectivity index (χ4v) is 2.72. The average Bonchev–Trinajstić information content (AvgIpc) is 2.79. The van der Waals surface area contributed by atoms with Gasteiger partial charge < -0.3 is 24.6 Å². The van der Waals surface area contributed by atoms with Crippen molar-refractivity contribution in [3.8, 4) is 11.5 Å². The normalized spacial score (nSPS) is 17.7. The lowest BCUT2D eigenvalue weighted by molar-refractivity contribution is -0.129. The van der Waals surface area contributed by atoms with Crippen molar-refractivity contribution in [2.75, 3.05) is 27.4 Å². The largest absolute Gasteiger partial charge is 0.503 e. The molecule has 0 aromatic heterocycles. The zero-order chi connectivity index (χ0) is 17.1. The standard InChI is InChI=1S/C16H19NO6/c1-9(19)13-14(17(6-7-18)16(21)15(13)20)10-4-5-11(22-2)12(8-10)23-3/h4-5,8,14,18,20H,6-7H2,1-3H3/t14-/m1/s1. The summed E-state index contributed by atoms with van der Waals surface area (Å²) in [6, 6.07) is 4.21. The second-order valence-electron chi connectivity index (χ2n) is 5.06. The molecular formula is C16H19NO6. The van der Waals surface area contributed by atoms with Crippen molar-refractivity contribution in [2.45, 2.75) is 13.0 Å². The molecule has 0 saturated carbocycles. The molecule has 0 bridgehead atoms. The van der Waals surface area contributed by atoms with Gasteiger partial charge in [-0.25, -0.2) is 0 Å². The van der Waals surface area contributed by atoms with E-state index in [-0.39, 0.29) is 18.7 Å². The van der Waals surface area contributed by atoms with Crippen LogP contribution in [0.25, 0.3) is 0 Å². The maximum atomic E-state index is 12.2. The molecule has 7 heteroatoms. The summed E-state index contributed by atoms with van der Waals surface area (Å²) in [6.45, 7) is 1.00. The molecule has 2 N–H and O–H groups in total. The molecule has 1 aliphatic rings. The third-order valence-corrected chi connectivity index (χ3v) is 3.75. The SMILES string of the molecule is COc1ccc([C@@H]2C(C(C)=O)=C(O)C(=O)N2CCO)cc1OC. The quantitative estimate of drug-likeness (QED) is 0.811. The summed E-state index contributed by atoms with van der Waals surface area (Å²) in [5.41, 5.74) is 0.592. The average molecular weight is 321 g/mol. The Labute approximate surface area is 133 Å². The first kappa shape index (κ1) is 16.8. The molecule has 124 valence electrons. The summed E-state index contributed by atoms with van der Waals surface area (Å²) in [5, 5.41) is 19.2. The van der Waals surface area contributed by atoms with E-state index in [9.17, 15) is 19.8 Å². The van der Waals surface area contributed by atoms with E-state index < -0.39 is 23.5 Å². The molecule has 1 heterocycles. The lowest BCUT2D eigenvalue weighted by Gasteiger charge is -2.26. The monoisotopic (exact) mass is 321 g/mol. The van der Waals surface area contributed by atoms with Gasteiger partial charge in [0, 0.05) is 6.54 Å². The van der Waals surface area contributed by atoms with Gasteiger partial charge in [-0.1, -0.05) is 6.07 Å². The second kappa shape index (κ2) is 6.70. The van der Waals surface area contributed by atoms with Crippen molar-refractivity contribution in [3.05, 3.63) is 35.1 Å². The maximum absolute atomic E-state index is 12.2. The van der Waals surface area contributed by atoms with E-state index >= 15 is 0 Å². The van der Waals surface area contributed by atoms with Crippen LogP contribution < -0.4 is 9.47 Å². The third kappa shape index (κ3) is 2.87. The van der Waals surface area contributed by atoms with E-state index in [2.05, 4.69) is 0 Å². The van der Waals surface area contributed by atoms with E-state index in [0.29, 0.717) is 17.1 Å². The Bertz CT molecular complexity index is 667. The van der Waals surface area contributed by atoms with Gasteiger partial charge in [-0.3, -0.25) is 9.59 Å². The van der Waals surface area contributed by atoms with E-state index in [4.69, 9.17) is 9.47 Å². The van der Waals surface area contributed by atoms with Crippen molar-refractivity contribution in [3.63, 3.8) is 0 Å². The highest BCUT2D eigenvalue weighted by Crippen LogP contribution is 2.40. The zero-order valence-corrected chi connectivity index (χ0v) is 13.2. The fourth-order valence-electron chi connectivity index (χ4n) is 2.72. The summed E-state index contributed by atoms with van der Waals surface area (Å²) < 4.78 is 10.4. The van der Waals surface area contributed by atoms with Crippen LogP contribution in [0.2, 0.25) is 0 Å². The highest BCUT2D eigenvalue weighted by molar-refractivity contribution is 6.08. The zero-order valence-electron chi connectivity index (χ0n) is 13.2. The second-order valence-corrected chi connectivity index (χ2v) is 5.06. The Kier molecular flexibility index (Phi) is 4.90. The number of carbonyl (C=O) groups excluding carboxylic acids is 2. The summed E-state index contributed by atoms with van der Waals surface area (Å²) >= 11 is 0. The van der Waals surface area contributed by atoms with Gasteiger partial charge in [0.05, 0.1) is 32.4 Å². The van der Waals surface area contributed by atoms with Crippen LogP contribution >= 0.6 is 0 Å². The molecule has 1 amide bonds. The maximum Gasteiger partial charge on any atom is 0.290 e. The van der Waals surface area contributed by atoms with Crippen molar-refractivity contribution < 1.29 is 29.3 Å². The first-order valence-electron chi connectivity index (χ1n) is 7.04. The lowest BCUT2D eigenvalue weighted by atomic mass is 9.96. The number of ether oxygens (including phenoxy) is 2. The van der Waals surface area contributed by atoms with Crippen molar-refractivity contribution >= 4 is 11.7 Å². The van der Waals surface area contributed by atoms with Crippen molar-refractivity contribution in [1.29, 1.82) is 0 Å². The van der Waals surface area contributed by atoms with Gasteiger partial charge in [0.2, 0.25) is 0 Å². The summed E-state index contributed by atoms with van der Waals surface area (Å²) in [7, 11) is 2.98. The minimum atomic E-state index is -0.771. The van der Waals surface area contributed by atoms with Gasteiger partial charge in [0.15, 0.2) is 23.0 Å². The van der Waals surface area contributed by atoms with E-state index in [1.54, 1.807) is 18.2 Å². The van der Waals surface area contributed by atoms with E-state index in [1.165, 1.54) is 26.0 Å². The molecule has 1 aromatic rings. The molecule has 0 unspecified atom stereocenters.